The molecule has 0 atom stereocenters. The molecular weight excluding hydrogens is 262 g/mol. The minimum Gasteiger partial charge on any atom is -0.391 e. The first kappa shape index (κ1) is 14.6. The molecule has 0 saturated heterocycles. The van der Waals surface area contributed by atoms with E-state index in [1.54, 1.807) is 18.3 Å². The number of nitrogens with zero attached hydrogens (tertiary/aromatic N) is 3. The second kappa shape index (κ2) is 7.11. The van der Waals surface area contributed by atoms with Crippen molar-refractivity contribution < 1.29 is 4.84 Å². The summed E-state index contributed by atoms with van der Waals surface area (Å²) in [4.78, 5) is 7.29. The van der Waals surface area contributed by atoms with Gasteiger partial charge in [-0.3, -0.25) is 0 Å². The first-order valence-corrected chi connectivity index (χ1v) is 6.61. The van der Waals surface area contributed by atoms with Crippen LogP contribution in [0.4, 0.5) is 5.69 Å². The largest absolute Gasteiger partial charge is 0.391 e. The normalized spacial score (nSPS) is 10.3. The molecule has 0 unspecified atom stereocenters. The maximum atomic E-state index is 8.71. The molecule has 2 rings (SSSR count). The van der Waals surface area contributed by atoms with Crippen LogP contribution >= 0.6 is 0 Å². The molecule has 0 aliphatic carbocycles. The second-order valence-corrected chi connectivity index (χ2v) is 4.80. The zero-order valence-corrected chi connectivity index (χ0v) is 12.2. The SMILES string of the molecule is CN(C)c1ccc(C=NOCc2ccc(C#N)cc2)cc1. The molecule has 2 aromatic rings. The van der Waals surface area contributed by atoms with Gasteiger partial charge < -0.3 is 9.74 Å². The number of oxime groups is 1. The van der Waals surface area contributed by atoms with Gasteiger partial charge in [0.2, 0.25) is 0 Å². The zero-order valence-electron chi connectivity index (χ0n) is 12.2. The van der Waals surface area contributed by atoms with E-state index in [1.807, 2.05) is 55.4 Å². The first-order chi connectivity index (χ1) is 10.2. The summed E-state index contributed by atoms with van der Waals surface area (Å²) in [7, 11) is 4.01. The van der Waals surface area contributed by atoms with E-state index in [0.29, 0.717) is 12.2 Å². The summed E-state index contributed by atoms with van der Waals surface area (Å²) >= 11 is 0. The van der Waals surface area contributed by atoms with Crippen LogP contribution in [0.2, 0.25) is 0 Å². The summed E-state index contributed by atoms with van der Waals surface area (Å²) in [5.41, 5.74) is 3.75. The fraction of sp³-hybridized carbons (Fsp3) is 0.176. The highest BCUT2D eigenvalue weighted by Gasteiger charge is 1.95. The van der Waals surface area contributed by atoms with E-state index in [-0.39, 0.29) is 0 Å². The Labute approximate surface area is 124 Å². The molecule has 0 aliphatic heterocycles. The summed E-state index contributed by atoms with van der Waals surface area (Å²) in [5, 5.41) is 12.7. The molecule has 0 heterocycles. The highest BCUT2D eigenvalue weighted by Crippen LogP contribution is 2.11. The number of hydrogen-bond donors (Lipinski definition) is 0. The van der Waals surface area contributed by atoms with E-state index in [1.165, 1.54) is 0 Å². The quantitative estimate of drug-likeness (QED) is 0.624. The topological polar surface area (TPSA) is 48.6 Å². The van der Waals surface area contributed by atoms with Gasteiger partial charge in [-0.25, -0.2) is 0 Å². The molecule has 0 spiro atoms. The van der Waals surface area contributed by atoms with Crippen LogP contribution in [-0.2, 0) is 11.4 Å². The monoisotopic (exact) mass is 279 g/mol. The standard InChI is InChI=1S/C17H17N3O/c1-20(2)17-9-7-15(8-10-17)12-19-21-13-16-5-3-14(11-18)4-6-16/h3-10,12H,13H2,1-2H3. The minimum absolute atomic E-state index is 0.387. The van der Waals surface area contributed by atoms with E-state index in [9.17, 15) is 0 Å². The number of nitriles is 1. The fourth-order valence-corrected chi connectivity index (χ4v) is 1.74. The molecule has 0 radical (unpaired) electrons. The molecule has 0 amide bonds. The molecule has 0 fully saturated rings. The number of hydrogen-bond acceptors (Lipinski definition) is 4. The number of anilines is 1. The lowest BCUT2D eigenvalue weighted by Gasteiger charge is -2.11. The Morgan fingerprint density at radius 3 is 2.33 bits per heavy atom. The summed E-state index contributed by atoms with van der Waals surface area (Å²) in [5.74, 6) is 0. The van der Waals surface area contributed by atoms with Crippen LogP contribution in [0.25, 0.3) is 0 Å². The molecular formula is C17H17N3O. The average Bonchev–Trinajstić information content (AvgIpc) is 2.52. The van der Waals surface area contributed by atoms with Gasteiger partial charge in [0.25, 0.3) is 0 Å². The van der Waals surface area contributed by atoms with Crippen molar-refractivity contribution >= 4 is 11.9 Å². The first-order valence-electron chi connectivity index (χ1n) is 6.61. The zero-order chi connectivity index (χ0) is 15.1. The van der Waals surface area contributed by atoms with E-state index in [0.717, 1.165) is 16.8 Å². The van der Waals surface area contributed by atoms with E-state index in [4.69, 9.17) is 10.1 Å². The highest BCUT2D eigenvalue weighted by molar-refractivity contribution is 5.79. The minimum atomic E-state index is 0.387. The fourth-order valence-electron chi connectivity index (χ4n) is 1.74. The molecule has 4 heteroatoms. The Kier molecular flexibility index (Phi) is 4.94. The van der Waals surface area contributed by atoms with E-state index in [2.05, 4.69) is 11.2 Å². The van der Waals surface area contributed by atoms with Gasteiger partial charge >= 0.3 is 0 Å². The summed E-state index contributed by atoms with van der Waals surface area (Å²) in [6, 6.07) is 17.4. The number of benzene rings is 2. The summed E-state index contributed by atoms with van der Waals surface area (Å²) in [6.45, 7) is 0.387. The molecule has 0 aliphatic rings. The van der Waals surface area contributed by atoms with E-state index < -0.39 is 0 Å². The lowest BCUT2D eigenvalue weighted by atomic mass is 10.2. The average molecular weight is 279 g/mol. The van der Waals surface area contributed by atoms with Gasteiger partial charge in [0, 0.05) is 19.8 Å². The van der Waals surface area contributed by atoms with Crippen molar-refractivity contribution in [1.29, 1.82) is 5.26 Å². The Morgan fingerprint density at radius 2 is 1.76 bits per heavy atom. The van der Waals surface area contributed by atoms with Crippen molar-refractivity contribution in [3.05, 3.63) is 65.2 Å². The predicted molar refractivity (Wildman–Crippen MR) is 84.3 cm³/mol. The molecule has 0 aromatic heterocycles. The molecule has 0 saturated carbocycles. The Morgan fingerprint density at radius 1 is 1.10 bits per heavy atom. The maximum absolute atomic E-state index is 8.71. The van der Waals surface area contributed by atoms with Gasteiger partial charge in [-0.05, 0) is 35.4 Å². The van der Waals surface area contributed by atoms with Gasteiger partial charge in [0.15, 0.2) is 0 Å². The third kappa shape index (κ3) is 4.36. The molecule has 21 heavy (non-hydrogen) atoms. The van der Waals surface area contributed by atoms with Gasteiger partial charge in [-0.15, -0.1) is 0 Å². The molecule has 2 aromatic carbocycles. The third-order valence-electron chi connectivity index (χ3n) is 3.00. The lowest BCUT2D eigenvalue weighted by molar-refractivity contribution is 0.132. The van der Waals surface area contributed by atoms with Crippen LogP contribution < -0.4 is 4.90 Å². The van der Waals surface area contributed by atoms with Crippen molar-refractivity contribution in [2.45, 2.75) is 6.61 Å². The smallest absolute Gasteiger partial charge is 0.142 e. The van der Waals surface area contributed by atoms with Crippen LogP contribution in [0.15, 0.2) is 53.7 Å². The molecule has 0 N–H and O–H groups in total. The van der Waals surface area contributed by atoms with Crippen molar-refractivity contribution in [3.8, 4) is 6.07 Å². The Balaban J connectivity index is 1.86. The van der Waals surface area contributed by atoms with Crippen LogP contribution in [0.5, 0.6) is 0 Å². The van der Waals surface area contributed by atoms with Crippen molar-refractivity contribution in [1.82, 2.24) is 0 Å². The van der Waals surface area contributed by atoms with Crippen molar-refractivity contribution in [2.24, 2.45) is 5.16 Å². The lowest BCUT2D eigenvalue weighted by Crippen LogP contribution is -2.08. The van der Waals surface area contributed by atoms with Crippen molar-refractivity contribution in [2.75, 3.05) is 19.0 Å². The van der Waals surface area contributed by atoms with Crippen molar-refractivity contribution in [3.63, 3.8) is 0 Å². The van der Waals surface area contributed by atoms with E-state index >= 15 is 0 Å². The third-order valence-corrected chi connectivity index (χ3v) is 3.00. The van der Waals surface area contributed by atoms with Crippen LogP contribution in [-0.4, -0.2) is 20.3 Å². The molecule has 4 nitrogen and oxygen atoms in total. The summed E-state index contributed by atoms with van der Waals surface area (Å²) < 4.78 is 0. The van der Waals surface area contributed by atoms with Gasteiger partial charge in [0.05, 0.1) is 17.8 Å². The molecule has 106 valence electrons. The van der Waals surface area contributed by atoms with Crippen LogP contribution in [0.3, 0.4) is 0 Å². The number of rotatable bonds is 5. The Hall–Kier alpha value is -2.80. The molecule has 0 bridgehead atoms. The maximum Gasteiger partial charge on any atom is 0.142 e. The Bertz CT molecular complexity index is 637. The highest BCUT2D eigenvalue weighted by atomic mass is 16.6. The van der Waals surface area contributed by atoms with Gasteiger partial charge in [0.1, 0.15) is 6.61 Å². The van der Waals surface area contributed by atoms with Gasteiger partial charge in [-0.2, -0.15) is 5.26 Å². The van der Waals surface area contributed by atoms with Crippen LogP contribution in [0.1, 0.15) is 16.7 Å². The van der Waals surface area contributed by atoms with Gasteiger partial charge in [-0.1, -0.05) is 29.4 Å². The summed E-state index contributed by atoms with van der Waals surface area (Å²) in [6.07, 6.45) is 1.68. The second-order valence-electron chi connectivity index (χ2n) is 4.80. The predicted octanol–water partition coefficient (Wildman–Crippen LogP) is 3.17. The van der Waals surface area contributed by atoms with Crippen LogP contribution in [0, 0.1) is 11.3 Å².